The second kappa shape index (κ2) is 9.41. The lowest BCUT2D eigenvalue weighted by atomic mass is 10.0. The Labute approximate surface area is 162 Å². The molecule has 0 unspecified atom stereocenters. The number of nitrogens with zero attached hydrogens (tertiary/aromatic N) is 5. The summed E-state index contributed by atoms with van der Waals surface area (Å²) in [6.45, 7) is 8.60. The van der Waals surface area contributed by atoms with E-state index >= 15 is 0 Å². The molecule has 0 aromatic carbocycles. The van der Waals surface area contributed by atoms with Crippen LogP contribution in [0.4, 0.5) is 0 Å². The standard InChI is InChI=1S/C18H29N5O3S/c1-15(2)21-8-5-17(6-9-21)23-11-10-22(18(23)16(13-19)14-20)7-4-12-26-27(3,24)25/h15,17H,4-12H2,1-3H3. The molecule has 0 aromatic heterocycles. The molecule has 9 heteroatoms. The molecule has 150 valence electrons. The van der Waals surface area contributed by atoms with Gasteiger partial charge in [0.15, 0.2) is 5.57 Å². The van der Waals surface area contributed by atoms with Crippen LogP contribution in [0, 0.1) is 22.7 Å². The molecular formula is C18H29N5O3S. The molecule has 2 aliphatic rings. The van der Waals surface area contributed by atoms with Crippen molar-refractivity contribution in [1.82, 2.24) is 14.7 Å². The molecule has 0 aliphatic carbocycles. The van der Waals surface area contributed by atoms with Crippen LogP contribution >= 0.6 is 0 Å². The van der Waals surface area contributed by atoms with E-state index in [0.29, 0.717) is 30.9 Å². The van der Waals surface area contributed by atoms with E-state index in [1.165, 1.54) is 0 Å². The lowest BCUT2D eigenvalue weighted by Gasteiger charge is -2.40. The molecule has 8 nitrogen and oxygen atoms in total. The second-order valence-electron chi connectivity index (χ2n) is 7.34. The van der Waals surface area contributed by atoms with Crippen molar-refractivity contribution in [3.63, 3.8) is 0 Å². The highest BCUT2D eigenvalue weighted by atomic mass is 32.2. The third kappa shape index (κ3) is 5.83. The van der Waals surface area contributed by atoms with Crippen LogP contribution in [0.15, 0.2) is 11.4 Å². The van der Waals surface area contributed by atoms with Gasteiger partial charge in [-0.2, -0.15) is 18.9 Å². The van der Waals surface area contributed by atoms with Gasteiger partial charge in [0.25, 0.3) is 10.1 Å². The molecule has 0 radical (unpaired) electrons. The molecule has 0 atom stereocenters. The summed E-state index contributed by atoms with van der Waals surface area (Å²) in [5, 5.41) is 18.8. The van der Waals surface area contributed by atoms with E-state index in [9.17, 15) is 18.9 Å². The maximum Gasteiger partial charge on any atom is 0.264 e. The van der Waals surface area contributed by atoms with E-state index in [-0.39, 0.29) is 12.2 Å². The Bertz CT molecular complexity index is 711. The van der Waals surface area contributed by atoms with E-state index in [4.69, 9.17) is 4.18 Å². The first-order valence-electron chi connectivity index (χ1n) is 9.41. The van der Waals surface area contributed by atoms with Gasteiger partial charge in [-0.15, -0.1) is 0 Å². The third-order valence-corrected chi connectivity index (χ3v) is 5.76. The Morgan fingerprint density at radius 3 is 2.33 bits per heavy atom. The zero-order valence-corrected chi connectivity index (χ0v) is 17.2. The van der Waals surface area contributed by atoms with Crippen molar-refractivity contribution in [1.29, 1.82) is 10.5 Å². The summed E-state index contributed by atoms with van der Waals surface area (Å²) < 4.78 is 27.0. The monoisotopic (exact) mass is 395 g/mol. The minimum Gasteiger partial charge on any atom is -0.355 e. The average molecular weight is 396 g/mol. The molecule has 2 rings (SSSR count). The first-order valence-corrected chi connectivity index (χ1v) is 11.2. The summed E-state index contributed by atoms with van der Waals surface area (Å²) in [7, 11) is -3.45. The maximum atomic E-state index is 11.1. The molecule has 2 heterocycles. The van der Waals surface area contributed by atoms with Gasteiger partial charge < -0.3 is 14.7 Å². The minimum atomic E-state index is -3.45. The van der Waals surface area contributed by atoms with Crippen LogP contribution in [0.3, 0.4) is 0 Å². The van der Waals surface area contributed by atoms with E-state index in [0.717, 1.165) is 45.3 Å². The van der Waals surface area contributed by atoms with Crippen LogP contribution in [-0.2, 0) is 14.3 Å². The predicted molar refractivity (Wildman–Crippen MR) is 102 cm³/mol. The highest BCUT2D eigenvalue weighted by Gasteiger charge is 2.35. The third-order valence-electron chi connectivity index (χ3n) is 5.17. The fourth-order valence-corrected chi connectivity index (χ4v) is 4.22. The zero-order chi connectivity index (χ0) is 20.0. The molecule has 2 fully saturated rings. The summed E-state index contributed by atoms with van der Waals surface area (Å²) in [6.07, 6.45) is 3.57. The van der Waals surface area contributed by atoms with Crippen LogP contribution in [-0.4, -0.2) is 80.8 Å². The van der Waals surface area contributed by atoms with Crippen LogP contribution in [0.1, 0.15) is 33.1 Å². The van der Waals surface area contributed by atoms with E-state index in [1.54, 1.807) is 0 Å². The van der Waals surface area contributed by atoms with Crippen molar-refractivity contribution in [3.05, 3.63) is 11.4 Å². The lowest BCUT2D eigenvalue weighted by molar-refractivity contribution is 0.116. The SMILES string of the molecule is CC(C)N1CCC(N2CCN(CCCOS(C)(=O)=O)C2=C(C#N)C#N)CC1. The van der Waals surface area contributed by atoms with Crippen molar-refractivity contribution < 1.29 is 12.6 Å². The van der Waals surface area contributed by atoms with Crippen LogP contribution in [0.25, 0.3) is 0 Å². The van der Waals surface area contributed by atoms with Crippen LogP contribution < -0.4 is 0 Å². The molecule has 0 saturated carbocycles. The molecule has 0 bridgehead atoms. The summed E-state index contributed by atoms with van der Waals surface area (Å²) in [4.78, 5) is 6.67. The van der Waals surface area contributed by atoms with Gasteiger partial charge in [-0.1, -0.05) is 0 Å². The topological polar surface area (TPSA) is 101 Å². The number of nitriles is 2. The zero-order valence-electron chi connectivity index (χ0n) is 16.4. The van der Waals surface area contributed by atoms with Gasteiger partial charge in [-0.25, -0.2) is 0 Å². The molecule has 0 spiro atoms. The number of hydrogen-bond donors (Lipinski definition) is 0. The molecule has 27 heavy (non-hydrogen) atoms. The highest BCUT2D eigenvalue weighted by molar-refractivity contribution is 7.85. The Morgan fingerprint density at radius 2 is 1.81 bits per heavy atom. The van der Waals surface area contributed by atoms with Crippen molar-refractivity contribution in [2.45, 2.75) is 45.2 Å². The normalized spacial score (nSPS) is 19.4. The summed E-state index contributed by atoms with van der Waals surface area (Å²) in [5.74, 6) is 0.697. The van der Waals surface area contributed by atoms with Gasteiger partial charge in [-0.3, -0.25) is 4.18 Å². The first-order chi connectivity index (χ1) is 12.8. The van der Waals surface area contributed by atoms with Crippen molar-refractivity contribution in [2.75, 3.05) is 45.6 Å². The Balaban J connectivity index is 2.05. The Morgan fingerprint density at radius 1 is 1.19 bits per heavy atom. The molecule has 0 aromatic rings. The number of likely N-dealkylation sites (tertiary alicyclic amines) is 1. The highest BCUT2D eigenvalue weighted by Crippen LogP contribution is 2.29. The fraction of sp³-hybridized carbons (Fsp3) is 0.778. The Hall–Kier alpha value is -1.81. The molecular weight excluding hydrogens is 366 g/mol. The second-order valence-corrected chi connectivity index (χ2v) is 8.99. The molecule has 0 N–H and O–H groups in total. The van der Waals surface area contributed by atoms with E-state index in [2.05, 4.69) is 23.6 Å². The number of hydrogen-bond acceptors (Lipinski definition) is 8. The van der Waals surface area contributed by atoms with E-state index < -0.39 is 10.1 Å². The average Bonchev–Trinajstić information content (AvgIpc) is 3.03. The number of piperidine rings is 1. The van der Waals surface area contributed by atoms with Crippen molar-refractivity contribution >= 4 is 10.1 Å². The maximum absolute atomic E-state index is 11.1. The van der Waals surface area contributed by atoms with Gasteiger partial charge in [0, 0.05) is 44.8 Å². The molecule has 0 amide bonds. The van der Waals surface area contributed by atoms with Crippen LogP contribution in [0.2, 0.25) is 0 Å². The van der Waals surface area contributed by atoms with Gasteiger partial charge in [-0.05, 0) is 33.1 Å². The van der Waals surface area contributed by atoms with Gasteiger partial charge in [0.1, 0.15) is 18.0 Å². The lowest BCUT2D eigenvalue weighted by Crippen LogP contribution is -2.46. The van der Waals surface area contributed by atoms with E-state index in [1.807, 2.05) is 17.0 Å². The molecule has 2 aliphatic heterocycles. The number of allylic oxidation sites excluding steroid dienone is 1. The van der Waals surface area contributed by atoms with Crippen molar-refractivity contribution in [2.24, 2.45) is 0 Å². The van der Waals surface area contributed by atoms with Gasteiger partial charge in [0.05, 0.1) is 12.9 Å². The first kappa shape index (κ1) is 21.5. The van der Waals surface area contributed by atoms with Crippen LogP contribution in [0.5, 0.6) is 0 Å². The predicted octanol–water partition coefficient (Wildman–Crippen LogP) is 1.10. The Kier molecular flexibility index (Phi) is 7.49. The quantitative estimate of drug-likeness (QED) is 0.359. The number of rotatable bonds is 7. The van der Waals surface area contributed by atoms with Crippen molar-refractivity contribution in [3.8, 4) is 12.1 Å². The van der Waals surface area contributed by atoms with Gasteiger partial charge >= 0.3 is 0 Å². The largest absolute Gasteiger partial charge is 0.355 e. The minimum absolute atomic E-state index is 0.101. The van der Waals surface area contributed by atoms with Gasteiger partial charge in [0.2, 0.25) is 0 Å². The smallest absolute Gasteiger partial charge is 0.264 e. The molecule has 2 saturated heterocycles. The summed E-state index contributed by atoms with van der Waals surface area (Å²) >= 11 is 0. The summed E-state index contributed by atoms with van der Waals surface area (Å²) in [5.41, 5.74) is 0.128. The summed E-state index contributed by atoms with van der Waals surface area (Å²) in [6, 6.07) is 4.91. The fourth-order valence-electron chi connectivity index (χ4n) is 3.80.